The lowest BCUT2D eigenvalue weighted by molar-refractivity contribution is -0.384. The first-order valence-corrected chi connectivity index (χ1v) is 9.86. The van der Waals surface area contributed by atoms with Gasteiger partial charge in [-0.25, -0.2) is 4.79 Å². The second-order valence-corrected chi connectivity index (χ2v) is 7.43. The molecule has 9 nitrogen and oxygen atoms in total. The molecule has 0 radical (unpaired) electrons. The number of nitrogens with one attached hydrogen (secondary N) is 1. The number of ether oxygens (including phenoxy) is 1. The van der Waals surface area contributed by atoms with Gasteiger partial charge in [-0.05, 0) is 25.1 Å². The number of rotatable bonds is 8. The monoisotopic (exact) mass is 431 g/mol. The Labute approximate surface area is 177 Å². The van der Waals surface area contributed by atoms with Crippen molar-refractivity contribution in [1.29, 1.82) is 0 Å². The lowest BCUT2D eigenvalue weighted by atomic mass is 10.2. The first-order chi connectivity index (χ1) is 14.2. The smallest absolute Gasteiger partial charge is 0.340 e. The predicted octanol–water partition coefficient (Wildman–Crippen LogP) is 2.96. The third-order valence-electron chi connectivity index (χ3n) is 3.93. The molecule has 0 heterocycles. The standard InChI is InChI=1S/C20H21N3O6S/c1-13(19(25)21-14-7-6-8-15(11-14)23(27)28)29-20(26)16-9-4-5-10-17(16)30-12-18(24)22(2)3/h4-11,13H,12H2,1-3H3,(H,21,25). The van der Waals surface area contributed by atoms with Gasteiger partial charge in [0, 0.05) is 36.8 Å². The molecule has 0 saturated carbocycles. The molecule has 0 saturated heterocycles. The normalized spacial score (nSPS) is 11.3. The Morgan fingerprint density at radius 1 is 1.17 bits per heavy atom. The molecule has 2 amide bonds. The minimum atomic E-state index is -1.14. The van der Waals surface area contributed by atoms with Crippen molar-refractivity contribution in [2.75, 3.05) is 25.2 Å². The zero-order chi connectivity index (χ0) is 22.3. The van der Waals surface area contributed by atoms with E-state index in [1.54, 1.807) is 38.4 Å². The molecule has 0 spiro atoms. The molecule has 0 aromatic heterocycles. The molecular formula is C20H21N3O6S. The predicted molar refractivity (Wildman–Crippen MR) is 112 cm³/mol. The third-order valence-corrected chi connectivity index (χ3v) is 4.99. The van der Waals surface area contributed by atoms with Crippen molar-refractivity contribution in [2.24, 2.45) is 0 Å². The zero-order valence-corrected chi connectivity index (χ0v) is 17.5. The van der Waals surface area contributed by atoms with Crippen molar-refractivity contribution in [3.05, 3.63) is 64.2 Å². The maximum Gasteiger partial charge on any atom is 0.340 e. The number of hydrogen-bond donors (Lipinski definition) is 1. The van der Waals surface area contributed by atoms with Gasteiger partial charge in [-0.3, -0.25) is 19.7 Å². The summed E-state index contributed by atoms with van der Waals surface area (Å²) in [7, 11) is 3.29. The number of non-ortho nitro benzene ring substituents is 1. The van der Waals surface area contributed by atoms with Crippen molar-refractivity contribution in [3.63, 3.8) is 0 Å². The SMILES string of the molecule is CC(OC(=O)c1ccccc1SCC(=O)N(C)C)C(=O)Nc1cccc([N+](=O)[O-])c1. The van der Waals surface area contributed by atoms with Crippen LogP contribution in [-0.2, 0) is 14.3 Å². The summed E-state index contributed by atoms with van der Waals surface area (Å²) in [4.78, 5) is 48.9. The van der Waals surface area contributed by atoms with Gasteiger partial charge in [0.25, 0.3) is 11.6 Å². The van der Waals surface area contributed by atoms with Crippen molar-refractivity contribution >= 4 is 40.9 Å². The van der Waals surface area contributed by atoms with E-state index >= 15 is 0 Å². The van der Waals surface area contributed by atoms with Gasteiger partial charge in [-0.2, -0.15) is 0 Å². The van der Waals surface area contributed by atoms with Crippen LogP contribution in [0.1, 0.15) is 17.3 Å². The Balaban J connectivity index is 2.03. The van der Waals surface area contributed by atoms with E-state index in [0.717, 1.165) is 0 Å². The molecule has 0 bridgehead atoms. The van der Waals surface area contributed by atoms with Gasteiger partial charge in [0.1, 0.15) is 0 Å². The second-order valence-electron chi connectivity index (χ2n) is 6.42. The Kier molecular flexibility index (Phi) is 7.93. The highest BCUT2D eigenvalue weighted by Gasteiger charge is 2.22. The van der Waals surface area contributed by atoms with Crippen molar-refractivity contribution in [2.45, 2.75) is 17.9 Å². The minimum absolute atomic E-state index is 0.104. The fourth-order valence-electron chi connectivity index (χ4n) is 2.25. The van der Waals surface area contributed by atoms with Gasteiger partial charge in [0.05, 0.1) is 16.2 Å². The molecule has 0 aliphatic rings. The van der Waals surface area contributed by atoms with Crippen LogP contribution >= 0.6 is 11.8 Å². The first-order valence-electron chi connectivity index (χ1n) is 8.87. The molecule has 0 aliphatic heterocycles. The van der Waals surface area contributed by atoms with E-state index in [-0.39, 0.29) is 28.6 Å². The number of hydrogen-bond acceptors (Lipinski definition) is 7. The van der Waals surface area contributed by atoms with Crippen LogP contribution < -0.4 is 5.32 Å². The summed E-state index contributed by atoms with van der Waals surface area (Å²) in [6.45, 7) is 1.40. The van der Waals surface area contributed by atoms with E-state index in [0.29, 0.717) is 4.90 Å². The van der Waals surface area contributed by atoms with Gasteiger partial charge in [-0.1, -0.05) is 18.2 Å². The molecule has 10 heteroatoms. The molecule has 1 unspecified atom stereocenters. The van der Waals surface area contributed by atoms with Gasteiger partial charge in [-0.15, -0.1) is 11.8 Å². The van der Waals surface area contributed by atoms with Crippen molar-refractivity contribution in [3.8, 4) is 0 Å². The summed E-state index contributed by atoms with van der Waals surface area (Å²) in [6, 6.07) is 12.1. The molecule has 2 aromatic rings. The van der Waals surface area contributed by atoms with Crippen LogP contribution in [-0.4, -0.2) is 53.6 Å². The van der Waals surface area contributed by atoms with Crippen LogP contribution in [0.5, 0.6) is 0 Å². The van der Waals surface area contributed by atoms with Gasteiger partial charge >= 0.3 is 5.97 Å². The molecule has 0 aliphatic carbocycles. The maximum absolute atomic E-state index is 12.6. The molecule has 30 heavy (non-hydrogen) atoms. The molecule has 2 rings (SSSR count). The summed E-state index contributed by atoms with van der Waals surface area (Å²) in [6.07, 6.45) is -1.14. The number of carbonyl (C=O) groups excluding carboxylic acids is 3. The van der Waals surface area contributed by atoms with E-state index < -0.39 is 22.9 Å². The Morgan fingerprint density at radius 2 is 1.87 bits per heavy atom. The minimum Gasteiger partial charge on any atom is -0.449 e. The fourth-order valence-corrected chi connectivity index (χ4v) is 3.27. The highest BCUT2D eigenvalue weighted by atomic mass is 32.2. The van der Waals surface area contributed by atoms with Gasteiger partial charge < -0.3 is 15.0 Å². The number of nitro groups is 1. The summed E-state index contributed by atoms with van der Waals surface area (Å²) >= 11 is 1.20. The maximum atomic E-state index is 12.6. The Bertz CT molecular complexity index is 963. The molecule has 1 N–H and O–H groups in total. The number of carbonyl (C=O) groups is 3. The van der Waals surface area contributed by atoms with Crippen LogP contribution in [0.4, 0.5) is 11.4 Å². The number of benzene rings is 2. The van der Waals surface area contributed by atoms with E-state index in [9.17, 15) is 24.5 Å². The average molecular weight is 431 g/mol. The van der Waals surface area contributed by atoms with E-state index in [2.05, 4.69) is 5.32 Å². The molecule has 158 valence electrons. The van der Waals surface area contributed by atoms with Crippen molar-refractivity contribution in [1.82, 2.24) is 4.90 Å². The molecule has 2 aromatic carbocycles. The van der Waals surface area contributed by atoms with Crippen LogP contribution in [0.3, 0.4) is 0 Å². The number of nitro benzene ring substituents is 1. The molecule has 0 fully saturated rings. The van der Waals surface area contributed by atoms with Gasteiger partial charge in [0.15, 0.2) is 6.10 Å². The number of nitrogens with zero attached hydrogens (tertiary/aromatic N) is 2. The first kappa shape index (κ1) is 22.9. The number of anilines is 1. The lowest BCUT2D eigenvalue weighted by Gasteiger charge is -2.15. The largest absolute Gasteiger partial charge is 0.449 e. The Morgan fingerprint density at radius 3 is 2.53 bits per heavy atom. The summed E-state index contributed by atoms with van der Waals surface area (Å²) in [5.41, 5.74) is 0.287. The van der Waals surface area contributed by atoms with Gasteiger partial charge in [0.2, 0.25) is 5.91 Å². The Hall–Kier alpha value is -3.40. The lowest BCUT2D eigenvalue weighted by Crippen LogP contribution is -2.30. The topological polar surface area (TPSA) is 119 Å². The fraction of sp³-hybridized carbons (Fsp3) is 0.250. The number of thioether (sulfide) groups is 1. The number of esters is 1. The van der Waals surface area contributed by atoms with Crippen molar-refractivity contribution < 1.29 is 24.0 Å². The summed E-state index contributed by atoms with van der Waals surface area (Å²) in [5, 5.41) is 13.3. The summed E-state index contributed by atoms with van der Waals surface area (Å²) < 4.78 is 5.25. The number of amides is 2. The van der Waals surface area contributed by atoms with E-state index in [1.807, 2.05) is 0 Å². The molecule has 1 atom stereocenters. The molecular weight excluding hydrogens is 410 g/mol. The van der Waals surface area contributed by atoms with E-state index in [1.165, 1.54) is 47.9 Å². The zero-order valence-electron chi connectivity index (χ0n) is 16.7. The van der Waals surface area contributed by atoms with Crippen LogP contribution in [0, 0.1) is 10.1 Å². The van der Waals surface area contributed by atoms with Crippen LogP contribution in [0.25, 0.3) is 0 Å². The van der Waals surface area contributed by atoms with Crippen LogP contribution in [0.2, 0.25) is 0 Å². The van der Waals surface area contributed by atoms with E-state index in [4.69, 9.17) is 4.74 Å². The average Bonchev–Trinajstić information content (AvgIpc) is 2.72. The summed E-state index contributed by atoms with van der Waals surface area (Å²) in [5.74, 6) is -1.29. The highest BCUT2D eigenvalue weighted by molar-refractivity contribution is 8.00. The third kappa shape index (κ3) is 6.31. The van der Waals surface area contributed by atoms with Crippen LogP contribution in [0.15, 0.2) is 53.4 Å². The second kappa shape index (κ2) is 10.4. The quantitative estimate of drug-likeness (QED) is 0.295. The highest BCUT2D eigenvalue weighted by Crippen LogP contribution is 2.24.